The lowest BCUT2D eigenvalue weighted by molar-refractivity contribution is -0.123. The van der Waals surface area contributed by atoms with Gasteiger partial charge in [0.05, 0.1) is 10.9 Å². The van der Waals surface area contributed by atoms with Crippen molar-refractivity contribution >= 4 is 27.5 Å². The van der Waals surface area contributed by atoms with E-state index in [-0.39, 0.29) is 29.5 Å². The van der Waals surface area contributed by atoms with Crippen LogP contribution in [0, 0.1) is 6.92 Å². The maximum Gasteiger partial charge on any atom is 0.258 e. The number of rotatable bonds is 8. The molecule has 0 aliphatic heterocycles. The number of sulfonamides is 1. The van der Waals surface area contributed by atoms with Crippen LogP contribution in [0.1, 0.15) is 36.9 Å². The molecule has 2 N–H and O–H groups in total. The minimum Gasteiger partial charge on any atom is -0.484 e. The molecule has 0 bridgehead atoms. The standard InChI is InChI=1S/C20H23ClN2O4S/c1-13-11-18(28(25,26)23-17-7-8-17)9-10-19(13)27-12-20(24)22-14(2)15-3-5-16(21)6-4-15/h3-6,9-11,14,17,23H,7-8,12H2,1-2H3,(H,22,24)/t14-/m1/s1. The summed E-state index contributed by atoms with van der Waals surface area (Å²) in [6.45, 7) is 3.46. The molecule has 1 aliphatic rings. The summed E-state index contributed by atoms with van der Waals surface area (Å²) in [6.07, 6.45) is 1.76. The Morgan fingerprint density at radius 3 is 2.50 bits per heavy atom. The second kappa shape index (κ2) is 8.51. The molecule has 150 valence electrons. The predicted molar refractivity (Wildman–Crippen MR) is 108 cm³/mol. The Hall–Kier alpha value is -2.09. The molecule has 28 heavy (non-hydrogen) atoms. The summed E-state index contributed by atoms with van der Waals surface area (Å²) in [5, 5.41) is 3.49. The fourth-order valence-corrected chi connectivity index (χ4v) is 4.22. The number of halogens is 1. The zero-order valence-corrected chi connectivity index (χ0v) is 17.3. The molecule has 0 heterocycles. The van der Waals surface area contributed by atoms with Crippen LogP contribution in [0.3, 0.4) is 0 Å². The predicted octanol–water partition coefficient (Wildman–Crippen LogP) is 3.35. The summed E-state index contributed by atoms with van der Waals surface area (Å²) in [7, 11) is -3.51. The zero-order valence-electron chi connectivity index (χ0n) is 15.7. The Balaban J connectivity index is 1.56. The van der Waals surface area contributed by atoms with E-state index < -0.39 is 10.0 Å². The van der Waals surface area contributed by atoms with Crippen molar-refractivity contribution in [2.24, 2.45) is 0 Å². The molecule has 1 amide bonds. The topological polar surface area (TPSA) is 84.5 Å². The third-order valence-electron chi connectivity index (χ3n) is 4.46. The van der Waals surface area contributed by atoms with Gasteiger partial charge < -0.3 is 10.1 Å². The zero-order chi connectivity index (χ0) is 20.3. The third-order valence-corrected chi connectivity index (χ3v) is 6.23. The maximum absolute atomic E-state index is 12.3. The molecule has 0 saturated heterocycles. The largest absolute Gasteiger partial charge is 0.484 e. The van der Waals surface area contributed by atoms with Crippen molar-refractivity contribution in [1.29, 1.82) is 0 Å². The fraction of sp³-hybridized carbons (Fsp3) is 0.350. The van der Waals surface area contributed by atoms with Gasteiger partial charge in [0.25, 0.3) is 5.91 Å². The second-order valence-electron chi connectivity index (χ2n) is 6.95. The van der Waals surface area contributed by atoms with Gasteiger partial charge in [-0.2, -0.15) is 0 Å². The average molecular weight is 423 g/mol. The molecule has 8 heteroatoms. The summed E-state index contributed by atoms with van der Waals surface area (Å²) in [5.74, 6) is 0.202. The first-order chi connectivity index (χ1) is 13.2. The molecule has 0 unspecified atom stereocenters. The maximum atomic E-state index is 12.3. The molecule has 3 rings (SSSR count). The van der Waals surface area contributed by atoms with Crippen molar-refractivity contribution in [2.75, 3.05) is 6.61 Å². The van der Waals surface area contributed by atoms with Crippen molar-refractivity contribution in [3.63, 3.8) is 0 Å². The van der Waals surface area contributed by atoms with Crippen LogP contribution in [-0.2, 0) is 14.8 Å². The van der Waals surface area contributed by atoms with Gasteiger partial charge in [0.1, 0.15) is 5.75 Å². The van der Waals surface area contributed by atoms with Crippen LogP contribution in [0.5, 0.6) is 5.75 Å². The van der Waals surface area contributed by atoms with Gasteiger partial charge >= 0.3 is 0 Å². The van der Waals surface area contributed by atoms with Crippen LogP contribution in [-0.4, -0.2) is 27.0 Å². The first kappa shape index (κ1) is 20.6. The number of ether oxygens (including phenoxy) is 1. The Morgan fingerprint density at radius 1 is 1.21 bits per heavy atom. The summed E-state index contributed by atoms with van der Waals surface area (Å²) in [4.78, 5) is 12.4. The van der Waals surface area contributed by atoms with E-state index >= 15 is 0 Å². The number of carbonyl (C=O) groups excluding carboxylic acids is 1. The molecule has 1 saturated carbocycles. The molecule has 1 fully saturated rings. The first-order valence-corrected chi connectivity index (χ1v) is 10.9. The molecule has 0 spiro atoms. The van der Waals surface area contributed by atoms with Crippen molar-refractivity contribution in [2.45, 2.75) is 43.7 Å². The lowest BCUT2D eigenvalue weighted by Gasteiger charge is -2.16. The highest BCUT2D eigenvalue weighted by molar-refractivity contribution is 7.89. The molecular weight excluding hydrogens is 400 g/mol. The lowest BCUT2D eigenvalue weighted by atomic mass is 10.1. The lowest BCUT2D eigenvalue weighted by Crippen LogP contribution is -2.31. The van der Waals surface area contributed by atoms with E-state index in [9.17, 15) is 13.2 Å². The Kier molecular flexibility index (Phi) is 6.27. The van der Waals surface area contributed by atoms with Crippen LogP contribution in [0.25, 0.3) is 0 Å². The van der Waals surface area contributed by atoms with Gasteiger partial charge in [-0.15, -0.1) is 0 Å². The average Bonchev–Trinajstić information content (AvgIpc) is 3.44. The van der Waals surface area contributed by atoms with Crippen LogP contribution in [0.2, 0.25) is 5.02 Å². The van der Waals surface area contributed by atoms with Crippen molar-refractivity contribution < 1.29 is 17.9 Å². The van der Waals surface area contributed by atoms with E-state index in [2.05, 4.69) is 10.0 Å². The van der Waals surface area contributed by atoms with Crippen molar-refractivity contribution in [3.8, 4) is 5.75 Å². The molecule has 2 aromatic rings. The molecule has 0 radical (unpaired) electrons. The molecule has 1 aliphatic carbocycles. The van der Waals surface area contributed by atoms with Gasteiger partial charge in [-0.25, -0.2) is 13.1 Å². The van der Waals surface area contributed by atoms with Crippen LogP contribution in [0.15, 0.2) is 47.4 Å². The van der Waals surface area contributed by atoms with E-state index in [4.69, 9.17) is 16.3 Å². The van der Waals surface area contributed by atoms with Crippen LogP contribution in [0.4, 0.5) is 0 Å². The monoisotopic (exact) mass is 422 g/mol. The first-order valence-electron chi connectivity index (χ1n) is 9.05. The Labute approximate surface area is 170 Å². The summed E-state index contributed by atoms with van der Waals surface area (Å²) < 4.78 is 32.7. The minimum absolute atomic E-state index is 0.0487. The van der Waals surface area contributed by atoms with E-state index in [1.54, 1.807) is 31.2 Å². The second-order valence-corrected chi connectivity index (χ2v) is 9.10. The van der Waals surface area contributed by atoms with Gasteiger partial charge in [0.15, 0.2) is 6.61 Å². The van der Waals surface area contributed by atoms with E-state index in [1.165, 1.54) is 6.07 Å². The van der Waals surface area contributed by atoms with Gasteiger partial charge in [-0.3, -0.25) is 4.79 Å². The Bertz CT molecular complexity index is 957. The number of nitrogens with one attached hydrogen (secondary N) is 2. The highest BCUT2D eigenvalue weighted by atomic mass is 35.5. The fourth-order valence-electron chi connectivity index (χ4n) is 2.70. The minimum atomic E-state index is -3.51. The van der Waals surface area contributed by atoms with Gasteiger partial charge in [0, 0.05) is 11.1 Å². The van der Waals surface area contributed by atoms with Gasteiger partial charge in [-0.1, -0.05) is 23.7 Å². The molecule has 0 aromatic heterocycles. The molecule has 1 atom stereocenters. The number of hydrogen-bond acceptors (Lipinski definition) is 4. The molecule has 2 aromatic carbocycles. The summed E-state index contributed by atoms with van der Waals surface area (Å²) >= 11 is 5.87. The van der Waals surface area contributed by atoms with Crippen molar-refractivity contribution in [3.05, 3.63) is 58.6 Å². The SMILES string of the molecule is Cc1cc(S(=O)(=O)NC2CC2)ccc1OCC(=O)N[C@H](C)c1ccc(Cl)cc1. The highest BCUT2D eigenvalue weighted by Gasteiger charge is 2.28. The normalized spacial score (nSPS) is 15.1. The Morgan fingerprint density at radius 2 is 1.89 bits per heavy atom. The number of amides is 1. The summed E-state index contributed by atoms with van der Waals surface area (Å²) in [5.41, 5.74) is 1.59. The smallest absolute Gasteiger partial charge is 0.258 e. The van der Waals surface area contributed by atoms with Gasteiger partial charge in [-0.05, 0) is 68.1 Å². The van der Waals surface area contributed by atoms with E-state index in [0.717, 1.165) is 18.4 Å². The van der Waals surface area contributed by atoms with Gasteiger partial charge in [0.2, 0.25) is 10.0 Å². The quantitative estimate of drug-likeness (QED) is 0.683. The van der Waals surface area contributed by atoms with Crippen LogP contribution < -0.4 is 14.8 Å². The molecule has 6 nitrogen and oxygen atoms in total. The number of aryl methyl sites for hydroxylation is 1. The summed E-state index contributed by atoms with van der Waals surface area (Å²) in [6, 6.07) is 11.7. The number of hydrogen-bond donors (Lipinski definition) is 2. The third kappa shape index (κ3) is 5.47. The van der Waals surface area contributed by atoms with E-state index in [0.29, 0.717) is 16.3 Å². The number of carbonyl (C=O) groups is 1. The number of benzene rings is 2. The van der Waals surface area contributed by atoms with E-state index in [1.807, 2.05) is 19.1 Å². The molecular formula is C20H23ClN2O4S. The van der Waals surface area contributed by atoms with Crippen LogP contribution >= 0.6 is 11.6 Å². The highest BCUT2D eigenvalue weighted by Crippen LogP contribution is 2.25. The van der Waals surface area contributed by atoms with Crippen molar-refractivity contribution in [1.82, 2.24) is 10.0 Å².